The molecule has 1 aromatic heterocycles. The van der Waals surface area contributed by atoms with Crippen molar-refractivity contribution in [1.29, 1.82) is 0 Å². The van der Waals surface area contributed by atoms with Gasteiger partial charge < -0.3 is 15.2 Å². The van der Waals surface area contributed by atoms with Crippen molar-refractivity contribution in [2.75, 3.05) is 6.54 Å². The topological polar surface area (TPSA) is 46.1 Å². The fourth-order valence-corrected chi connectivity index (χ4v) is 1.73. The first-order valence-corrected chi connectivity index (χ1v) is 6.27. The maximum atomic E-state index is 11.4. The van der Waals surface area contributed by atoms with E-state index in [1.54, 1.807) is 0 Å². The molecular formula is C13H23N3O. The van der Waals surface area contributed by atoms with Crippen LogP contribution in [0.3, 0.4) is 0 Å². The molecule has 2 N–H and O–H groups in total. The molecule has 96 valence electrons. The summed E-state index contributed by atoms with van der Waals surface area (Å²) in [5.74, 6) is 0.110. The van der Waals surface area contributed by atoms with Gasteiger partial charge in [0, 0.05) is 44.0 Å². The SMILES string of the molecule is CCn1cccc1CNCCC(=O)NC(C)C. The van der Waals surface area contributed by atoms with Crippen LogP contribution in [0.2, 0.25) is 0 Å². The highest BCUT2D eigenvalue weighted by atomic mass is 16.1. The van der Waals surface area contributed by atoms with Crippen molar-refractivity contribution in [1.82, 2.24) is 15.2 Å². The number of aromatic nitrogens is 1. The first kappa shape index (κ1) is 13.8. The number of nitrogens with zero attached hydrogens (tertiary/aromatic N) is 1. The molecule has 0 aliphatic carbocycles. The van der Waals surface area contributed by atoms with Crippen LogP contribution < -0.4 is 10.6 Å². The molecule has 1 aromatic rings. The van der Waals surface area contributed by atoms with Gasteiger partial charge in [0.25, 0.3) is 0 Å². The van der Waals surface area contributed by atoms with E-state index in [1.165, 1.54) is 5.69 Å². The zero-order valence-electron chi connectivity index (χ0n) is 11.0. The van der Waals surface area contributed by atoms with Crippen LogP contribution >= 0.6 is 0 Å². The van der Waals surface area contributed by atoms with Crippen molar-refractivity contribution in [2.24, 2.45) is 0 Å². The van der Waals surface area contributed by atoms with Gasteiger partial charge in [-0.3, -0.25) is 4.79 Å². The van der Waals surface area contributed by atoms with Gasteiger partial charge in [-0.05, 0) is 32.9 Å². The Balaban J connectivity index is 2.18. The summed E-state index contributed by atoms with van der Waals surface area (Å²) in [5, 5.41) is 6.16. The van der Waals surface area contributed by atoms with Crippen LogP contribution in [0.4, 0.5) is 0 Å². The van der Waals surface area contributed by atoms with Gasteiger partial charge in [-0.1, -0.05) is 0 Å². The maximum absolute atomic E-state index is 11.4. The summed E-state index contributed by atoms with van der Waals surface area (Å²) >= 11 is 0. The zero-order chi connectivity index (χ0) is 12.7. The summed E-state index contributed by atoms with van der Waals surface area (Å²) in [7, 11) is 0. The molecule has 0 aliphatic heterocycles. The average molecular weight is 237 g/mol. The Morgan fingerprint density at radius 3 is 2.88 bits per heavy atom. The smallest absolute Gasteiger partial charge is 0.221 e. The molecule has 0 unspecified atom stereocenters. The fraction of sp³-hybridized carbons (Fsp3) is 0.615. The lowest BCUT2D eigenvalue weighted by Gasteiger charge is -2.10. The van der Waals surface area contributed by atoms with E-state index in [1.807, 2.05) is 19.9 Å². The molecule has 0 radical (unpaired) electrons. The van der Waals surface area contributed by atoms with Gasteiger partial charge >= 0.3 is 0 Å². The molecule has 0 spiro atoms. The largest absolute Gasteiger partial charge is 0.354 e. The van der Waals surface area contributed by atoms with Crippen LogP contribution in [0.25, 0.3) is 0 Å². The number of amides is 1. The van der Waals surface area contributed by atoms with Crippen LogP contribution in [-0.4, -0.2) is 23.1 Å². The highest BCUT2D eigenvalue weighted by molar-refractivity contribution is 5.76. The average Bonchev–Trinajstić information content (AvgIpc) is 2.70. The second kappa shape index (κ2) is 7.12. The van der Waals surface area contributed by atoms with Gasteiger partial charge in [0.1, 0.15) is 0 Å². The van der Waals surface area contributed by atoms with E-state index in [-0.39, 0.29) is 11.9 Å². The van der Waals surface area contributed by atoms with E-state index in [2.05, 4.69) is 34.4 Å². The first-order valence-electron chi connectivity index (χ1n) is 6.27. The van der Waals surface area contributed by atoms with Gasteiger partial charge in [-0.15, -0.1) is 0 Å². The molecular weight excluding hydrogens is 214 g/mol. The van der Waals surface area contributed by atoms with Crippen LogP contribution in [0.5, 0.6) is 0 Å². The van der Waals surface area contributed by atoms with Crippen molar-refractivity contribution in [3.63, 3.8) is 0 Å². The number of nitrogens with one attached hydrogen (secondary N) is 2. The maximum Gasteiger partial charge on any atom is 0.221 e. The molecule has 0 atom stereocenters. The predicted molar refractivity (Wildman–Crippen MR) is 69.7 cm³/mol. The van der Waals surface area contributed by atoms with Gasteiger partial charge in [0.15, 0.2) is 0 Å². The highest BCUT2D eigenvalue weighted by Gasteiger charge is 2.03. The molecule has 4 heteroatoms. The van der Waals surface area contributed by atoms with Gasteiger partial charge in [0.05, 0.1) is 0 Å². The first-order chi connectivity index (χ1) is 8.13. The van der Waals surface area contributed by atoms with E-state index in [0.717, 1.165) is 13.1 Å². The summed E-state index contributed by atoms with van der Waals surface area (Å²) in [4.78, 5) is 11.4. The Kier molecular flexibility index (Phi) is 5.77. The van der Waals surface area contributed by atoms with E-state index in [9.17, 15) is 4.79 Å². The van der Waals surface area contributed by atoms with E-state index < -0.39 is 0 Å². The predicted octanol–water partition coefficient (Wildman–Crippen LogP) is 1.51. The molecule has 0 saturated heterocycles. The molecule has 0 bridgehead atoms. The third-order valence-electron chi connectivity index (χ3n) is 2.55. The summed E-state index contributed by atoms with van der Waals surface area (Å²) in [6.45, 7) is 8.58. The Morgan fingerprint density at radius 2 is 2.24 bits per heavy atom. The van der Waals surface area contributed by atoms with Crippen molar-refractivity contribution >= 4 is 5.91 Å². The van der Waals surface area contributed by atoms with Gasteiger partial charge in [-0.2, -0.15) is 0 Å². The molecule has 0 aliphatic rings. The fourth-order valence-electron chi connectivity index (χ4n) is 1.73. The molecule has 4 nitrogen and oxygen atoms in total. The number of carbonyl (C=O) groups is 1. The van der Waals surface area contributed by atoms with Crippen LogP contribution in [0, 0.1) is 0 Å². The second-order valence-electron chi connectivity index (χ2n) is 4.43. The normalized spacial score (nSPS) is 10.8. The minimum absolute atomic E-state index is 0.110. The molecule has 0 aromatic carbocycles. The molecule has 1 amide bonds. The highest BCUT2D eigenvalue weighted by Crippen LogP contribution is 2.01. The minimum Gasteiger partial charge on any atom is -0.354 e. The van der Waals surface area contributed by atoms with Crippen LogP contribution in [0.1, 0.15) is 32.9 Å². The summed E-state index contributed by atoms with van der Waals surface area (Å²) in [5.41, 5.74) is 1.26. The lowest BCUT2D eigenvalue weighted by atomic mass is 10.3. The molecule has 0 saturated carbocycles. The second-order valence-corrected chi connectivity index (χ2v) is 4.43. The third kappa shape index (κ3) is 5.04. The molecule has 0 fully saturated rings. The Hall–Kier alpha value is -1.29. The Morgan fingerprint density at radius 1 is 1.47 bits per heavy atom. The number of carbonyl (C=O) groups excluding carboxylic acids is 1. The monoisotopic (exact) mass is 237 g/mol. The number of aryl methyl sites for hydroxylation is 1. The van der Waals surface area contributed by atoms with Crippen molar-refractivity contribution in [3.8, 4) is 0 Å². The van der Waals surface area contributed by atoms with Gasteiger partial charge in [0.2, 0.25) is 5.91 Å². The van der Waals surface area contributed by atoms with E-state index >= 15 is 0 Å². The number of rotatable bonds is 7. The molecule has 1 rings (SSSR count). The standard InChI is InChI=1S/C13H23N3O/c1-4-16-9-5-6-12(16)10-14-8-7-13(17)15-11(2)3/h5-6,9,11,14H,4,7-8,10H2,1-3H3,(H,15,17). The minimum atomic E-state index is 0.110. The summed E-state index contributed by atoms with van der Waals surface area (Å²) in [6, 6.07) is 4.37. The molecule has 1 heterocycles. The van der Waals surface area contributed by atoms with E-state index in [4.69, 9.17) is 0 Å². The zero-order valence-corrected chi connectivity index (χ0v) is 11.0. The van der Waals surface area contributed by atoms with Crippen molar-refractivity contribution in [3.05, 3.63) is 24.0 Å². The third-order valence-corrected chi connectivity index (χ3v) is 2.55. The van der Waals surface area contributed by atoms with Crippen LogP contribution in [0.15, 0.2) is 18.3 Å². The van der Waals surface area contributed by atoms with E-state index in [0.29, 0.717) is 13.0 Å². The van der Waals surface area contributed by atoms with Gasteiger partial charge in [-0.25, -0.2) is 0 Å². The Bertz CT molecular complexity index is 344. The van der Waals surface area contributed by atoms with Crippen LogP contribution in [-0.2, 0) is 17.9 Å². The quantitative estimate of drug-likeness (QED) is 0.706. The number of hydrogen-bond acceptors (Lipinski definition) is 2. The lowest BCUT2D eigenvalue weighted by molar-refractivity contribution is -0.121. The Labute approximate surface area is 103 Å². The molecule has 17 heavy (non-hydrogen) atoms. The number of hydrogen-bond donors (Lipinski definition) is 2. The van der Waals surface area contributed by atoms with Crippen molar-refractivity contribution < 1.29 is 4.79 Å². The van der Waals surface area contributed by atoms with Crippen molar-refractivity contribution in [2.45, 2.75) is 46.3 Å². The lowest BCUT2D eigenvalue weighted by Crippen LogP contribution is -2.32. The summed E-state index contributed by atoms with van der Waals surface area (Å²) in [6.07, 6.45) is 2.60. The summed E-state index contributed by atoms with van der Waals surface area (Å²) < 4.78 is 2.20.